The minimum absolute atomic E-state index is 0.133. The Morgan fingerprint density at radius 2 is 2.21 bits per heavy atom. The first-order chi connectivity index (χ1) is 9.13. The summed E-state index contributed by atoms with van der Waals surface area (Å²) in [6.07, 6.45) is 1.05. The van der Waals surface area contributed by atoms with Crippen molar-refractivity contribution in [2.24, 2.45) is 0 Å². The third-order valence-corrected chi connectivity index (χ3v) is 3.32. The predicted octanol–water partition coefficient (Wildman–Crippen LogP) is 0.558. The van der Waals surface area contributed by atoms with E-state index < -0.39 is 5.69 Å². The summed E-state index contributed by atoms with van der Waals surface area (Å²) in [5.74, 6) is 0. The molecule has 0 aromatic carbocycles. The van der Waals surface area contributed by atoms with Gasteiger partial charge >= 0.3 is 5.69 Å². The zero-order valence-electron chi connectivity index (χ0n) is 10.8. The van der Waals surface area contributed by atoms with E-state index in [1.54, 1.807) is 0 Å². The molecular formula is C12H17ClN2O4. The minimum atomic E-state index is -0.510. The second-order valence-corrected chi connectivity index (χ2v) is 4.83. The van der Waals surface area contributed by atoms with Gasteiger partial charge in [0.05, 0.1) is 38.0 Å². The van der Waals surface area contributed by atoms with Crippen molar-refractivity contribution in [1.29, 1.82) is 0 Å². The van der Waals surface area contributed by atoms with Crippen molar-refractivity contribution in [1.82, 2.24) is 9.55 Å². The largest absolute Gasteiger partial charge is 0.376 e. The normalized spacial score (nSPS) is 19.6. The average Bonchev–Trinajstić information content (AvgIpc) is 2.41. The molecular weight excluding hydrogens is 272 g/mol. The number of nitrogens with one attached hydrogen (secondary N) is 1. The molecule has 1 aromatic heterocycles. The van der Waals surface area contributed by atoms with E-state index in [-0.39, 0.29) is 23.4 Å². The zero-order valence-corrected chi connectivity index (χ0v) is 11.5. The number of H-pyrrole nitrogens is 1. The van der Waals surface area contributed by atoms with Crippen molar-refractivity contribution >= 4 is 11.6 Å². The van der Waals surface area contributed by atoms with Crippen LogP contribution in [0.5, 0.6) is 0 Å². The molecule has 0 aliphatic carbocycles. The van der Waals surface area contributed by atoms with Gasteiger partial charge in [-0.15, -0.1) is 0 Å². The van der Waals surface area contributed by atoms with Crippen LogP contribution in [0.4, 0.5) is 0 Å². The highest BCUT2D eigenvalue weighted by atomic mass is 35.5. The standard InChI is InChI=1S/C12H17ClN2O4/c1-2-3-9-10(13)14-12(17)15(11(9)16)6-8-7-18-4-5-19-8/h8H,2-7H2,1H3,(H,14,17). The Morgan fingerprint density at radius 3 is 2.84 bits per heavy atom. The van der Waals surface area contributed by atoms with Crippen molar-refractivity contribution < 1.29 is 9.47 Å². The summed E-state index contributed by atoms with van der Waals surface area (Å²) in [5, 5.41) is 0.133. The van der Waals surface area contributed by atoms with E-state index in [9.17, 15) is 9.59 Å². The number of ether oxygens (including phenoxy) is 2. The Morgan fingerprint density at radius 1 is 1.42 bits per heavy atom. The summed E-state index contributed by atoms with van der Waals surface area (Å²) in [5.41, 5.74) is -0.408. The SMILES string of the molecule is CCCc1c(Cl)[nH]c(=O)n(CC2COCCO2)c1=O. The smallest absolute Gasteiger partial charge is 0.329 e. The molecule has 1 aliphatic rings. The second-order valence-electron chi connectivity index (χ2n) is 4.46. The average molecular weight is 289 g/mol. The molecule has 1 aliphatic heterocycles. The number of nitrogens with zero attached hydrogens (tertiary/aromatic N) is 1. The van der Waals surface area contributed by atoms with E-state index in [0.29, 0.717) is 31.8 Å². The molecule has 2 rings (SSSR count). The number of aromatic amines is 1. The van der Waals surface area contributed by atoms with Crippen molar-refractivity contribution in [2.45, 2.75) is 32.4 Å². The first-order valence-electron chi connectivity index (χ1n) is 6.34. The lowest BCUT2D eigenvalue weighted by Crippen LogP contribution is -2.43. The molecule has 0 radical (unpaired) electrons. The van der Waals surface area contributed by atoms with Crippen LogP contribution >= 0.6 is 11.6 Å². The van der Waals surface area contributed by atoms with Crippen LogP contribution < -0.4 is 11.2 Å². The maximum absolute atomic E-state index is 12.2. The van der Waals surface area contributed by atoms with E-state index in [4.69, 9.17) is 21.1 Å². The first-order valence-corrected chi connectivity index (χ1v) is 6.72. The van der Waals surface area contributed by atoms with Gasteiger partial charge in [0.2, 0.25) is 0 Å². The summed E-state index contributed by atoms with van der Waals surface area (Å²) in [6.45, 7) is 3.54. The number of hydrogen-bond acceptors (Lipinski definition) is 4. The summed E-state index contributed by atoms with van der Waals surface area (Å²) in [6, 6.07) is 0. The van der Waals surface area contributed by atoms with Gasteiger partial charge in [0.25, 0.3) is 5.56 Å². The monoisotopic (exact) mass is 288 g/mol. The fourth-order valence-electron chi connectivity index (χ4n) is 2.06. The third kappa shape index (κ3) is 3.26. The Hall–Kier alpha value is -1.11. The minimum Gasteiger partial charge on any atom is -0.376 e. The fourth-order valence-corrected chi connectivity index (χ4v) is 2.32. The molecule has 106 valence electrons. The van der Waals surface area contributed by atoms with Gasteiger partial charge in [0, 0.05) is 0 Å². The first kappa shape index (κ1) is 14.3. The lowest BCUT2D eigenvalue weighted by Gasteiger charge is -2.23. The molecule has 1 aromatic rings. The lowest BCUT2D eigenvalue weighted by atomic mass is 10.2. The molecule has 1 fully saturated rings. The van der Waals surface area contributed by atoms with Gasteiger partial charge in [-0.3, -0.25) is 14.3 Å². The number of aromatic nitrogens is 2. The van der Waals surface area contributed by atoms with Gasteiger partial charge in [-0.1, -0.05) is 24.9 Å². The van der Waals surface area contributed by atoms with E-state index >= 15 is 0 Å². The number of rotatable bonds is 4. The summed E-state index contributed by atoms with van der Waals surface area (Å²) in [7, 11) is 0. The van der Waals surface area contributed by atoms with Crippen molar-refractivity contribution in [3.8, 4) is 0 Å². The van der Waals surface area contributed by atoms with Crippen LogP contribution in [-0.4, -0.2) is 35.5 Å². The molecule has 6 nitrogen and oxygen atoms in total. The van der Waals surface area contributed by atoms with Crippen LogP contribution in [0.15, 0.2) is 9.59 Å². The topological polar surface area (TPSA) is 73.3 Å². The second kappa shape index (κ2) is 6.36. The van der Waals surface area contributed by atoms with Crippen LogP contribution in [0.1, 0.15) is 18.9 Å². The van der Waals surface area contributed by atoms with E-state index in [1.165, 1.54) is 0 Å². The summed E-state index contributed by atoms with van der Waals surface area (Å²) >= 11 is 5.90. The predicted molar refractivity (Wildman–Crippen MR) is 70.9 cm³/mol. The molecule has 0 amide bonds. The number of hydrogen-bond donors (Lipinski definition) is 1. The molecule has 1 atom stereocenters. The quantitative estimate of drug-likeness (QED) is 0.822. The Kier molecular flexibility index (Phi) is 4.79. The van der Waals surface area contributed by atoms with Crippen molar-refractivity contribution in [3.63, 3.8) is 0 Å². The van der Waals surface area contributed by atoms with Crippen LogP contribution in [0, 0.1) is 0 Å². The van der Waals surface area contributed by atoms with E-state index in [0.717, 1.165) is 11.0 Å². The van der Waals surface area contributed by atoms with Crippen LogP contribution in [-0.2, 0) is 22.4 Å². The lowest BCUT2D eigenvalue weighted by molar-refractivity contribution is -0.0942. The number of halogens is 1. The Labute approximate surface area is 115 Å². The van der Waals surface area contributed by atoms with Gasteiger partial charge in [-0.05, 0) is 6.42 Å². The molecule has 19 heavy (non-hydrogen) atoms. The Bertz CT molecular complexity index is 546. The maximum Gasteiger partial charge on any atom is 0.329 e. The molecule has 7 heteroatoms. The van der Waals surface area contributed by atoms with Crippen LogP contribution in [0.2, 0.25) is 5.15 Å². The van der Waals surface area contributed by atoms with Crippen molar-refractivity contribution in [3.05, 3.63) is 31.6 Å². The van der Waals surface area contributed by atoms with Crippen LogP contribution in [0.25, 0.3) is 0 Å². The molecule has 1 N–H and O–H groups in total. The van der Waals surface area contributed by atoms with Gasteiger partial charge < -0.3 is 9.47 Å². The molecule has 0 spiro atoms. The molecule has 0 bridgehead atoms. The highest BCUT2D eigenvalue weighted by molar-refractivity contribution is 6.30. The van der Waals surface area contributed by atoms with Gasteiger partial charge in [0.15, 0.2) is 0 Å². The molecule has 2 heterocycles. The molecule has 1 saturated heterocycles. The maximum atomic E-state index is 12.2. The third-order valence-electron chi connectivity index (χ3n) is 3.00. The van der Waals surface area contributed by atoms with E-state index in [2.05, 4.69) is 4.98 Å². The fraction of sp³-hybridized carbons (Fsp3) is 0.667. The van der Waals surface area contributed by atoms with Crippen molar-refractivity contribution in [2.75, 3.05) is 19.8 Å². The highest BCUT2D eigenvalue weighted by Crippen LogP contribution is 2.09. The van der Waals surface area contributed by atoms with E-state index in [1.807, 2.05) is 6.92 Å². The Balaban J connectivity index is 2.31. The highest BCUT2D eigenvalue weighted by Gasteiger charge is 2.19. The van der Waals surface area contributed by atoms with Gasteiger partial charge in [-0.25, -0.2) is 4.79 Å². The molecule has 1 unspecified atom stereocenters. The van der Waals surface area contributed by atoms with Gasteiger partial charge in [0.1, 0.15) is 5.15 Å². The summed E-state index contributed by atoms with van der Waals surface area (Å²) in [4.78, 5) is 26.6. The van der Waals surface area contributed by atoms with Crippen LogP contribution in [0.3, 0.4) is 0 Å². The van der Waals surface area contributed by atoms with Gasteiger partial charge in [-0.2, -0.15) is 0 Å². The summed E-state index contributed by atoms with van der Waals surface area (Å²) < 4.78 is 11.8. The molecule has 0 saturated carbocycles. The zero-order chi connectivity index (χ0) is 13.8.